The molecule has 252 valence electrons. The van der Waals surface area contributed by atoms with Crippen molar-refractivity contribution in [1.29, 1.82) is 0 Å². The van der Waals surface area contributed by atoms with Crippen molar-refractivity contribution in [3.8, 4) is 0 Å². The van der Waals surface area contributed by atoms with E-state index in [9.17, 15) is 17.8 Å². The van der Waals surface area contributed by atoms with Crippen LogP contribution in [-0.4, -0.2) is 66.2 Å². The number of hydrogen-bond donors (Lipinski definition) is 2. The first-order valence-electron chi connectivity index (χ1n) is 15.8. The second-order valence-corrected chi connectivity index (χ2v) is 15.5. The van der Waals surface area contributed by atoms with Crippen LogP contribution < -0.4 is 16.1 Å². The summed E-state index contributed by atoms with van der Waals surface area (Å²) >= 11 is 14.0. The molecule has 3 N–H and O–H groups in total. The van der Waals surface area contributed by atoms with Gasteiger partial charge in [0.15, 0.2) is 5.65 Å². The minimum Gasteiger partial charge on any atom is -0.744 e. The molecule has 2 aliphatic heterocycles. The number of benzene rings is 2. The van der Waals surface area contributed by atoms with Crippen molar-refractivity contribution in [2.24, 2.45) is 5.84 Å². The number of pyridine rings is 1. The van der Waals surface area contributed by atoms with Crippen LogP contribution in [0.15, 0.2) is 59.5 Å². The lowest BCUT2D eigenvalue weighted by molar-refractivity contribution is -0.956. The minimum atomic E-state index is -4.27. The van der Waals surface area contributed by atoms with E-state index in [0.29, 0.717) is 34.0 Å². The molecule has 1 amide bonds. The lowest BCUT2D eigenvalue weighted by atomic mass is 10.0. The number of rotatable bonds is 10. The van der Waals surface area contributed by atoms with Crippen LogP contribution >= 0.6 is 34.5 Å². The SMILES string of the molecule is Cc1ccc(S(=O)(=O)[O-])cc1.N[N+]1(CCCNC(=O)CCc2nc3nc(N4CCCC4)ccc3s2)CCCC1c1ccc(Cl)c(Cl)c1. The molecular formula is C33H40Cl2N6O4S2. The van der Waals surface area contributed by atoms with E-state index in [4.69, 9.17) is 34.0 Å². The van der Waals surface area contributed by atoms with Gasteiger partial charge in [-0.3, -0.25) is 4.79 Å². The van der Waals surface area contributed by atoms with Crippen LogP contribution in [0, 0.1) is 6.92 Å². The number of halogens is 2. The number of amides is 1. The molecule has 47 heavy (non-hydrogen) atoms. The van der Waals surface area contributed by atoms with Crippen LogP contribution in [0.25, 0.3) is 10.3 Å². The Bertz CT molecular complexity index is 1800. The molecule has 0 radical (unpaired) electrons. The normalized spacial score (nSPS) is 19.5. The number of likely N-dealkylation sites (tertiary alicyclic amines) is 1. The third kappa shape index (κ3) is 9.41. The van der Waals surface area contributed by atoms with Crippen molar-refractivity contribution in [2.45, 2.75) is 62.8 Å². The van der Waals surface area contributed by atoms with Gasteiger partial charge in [-0.15, -0.1) is 11.3 Å². The second kappa shape index (κ2) is 15.6. The Labute approximate surface area is 290 Å². The monoisotopic (exact) mass is 718 g/mol. The van der Waals surface area contributed by atoms with Crippen LogP contribution in [0.5, 0.6) is 0 Å². The predicted octanol–water partition coefficient (Wildman–Crippen LogP) is 6.16. The molecule has 4 aromatic rings. The van der Waals surface area contributed by atoms with E-state index in [1.807, 2.05) is 25.1 Å². The van der Waals surface area contributed by atoms with Gasteiger partial charge in [0.2, 0.25) is 5.91 Å². The summed E-state index contributed by atoms with van der Waals surface area (Å²) in [5.74, 6) is 7.85. The van der Waals surface area contributed by atoms with Crippen molar-refractivity contribution in [2.75, 3.05) is 37.6 Å². The summed E-state index contributed by atoms with van der Waals surface area (Å²) in [6.45, 7) is 6.29. The molecule has 10 nitrogen and oxygen atoms in total. The zero-order chi connectivity index (χ0) is 33.6. The second-order valence-electron chi connectivity index (χ2n) is 12.1. The van der Waals surface area contributed by atoms with Gasteiger partial charge in [-0.25, -0.2) is 23.0 Å². The Morgan fingerprint density at radius 1 is 1.06 bits per heavy atom. The summed E-state index contributed by atoms with van der Waals surface area (Å²) in [5, 5.41) is 5.14. The molecule has 2 aromatic carbocycles. The number of nitrogens with one attached hydrogen (secondary N) is 1. The number of carbonyl (C=O) groups is 1. The summed E-state index contributed by atoms with van der Waals surface area (Å²) in [7, 11) is -4.27. The molecule has 0 aliphatic carbocycles. The van der Waals surface area contributed by atoms with Gasteiger partial charge >= 0.3 is 0 Å². The molecule has 2 unspecified atom stereocenters. The lowest BCUT2D eigenvalue weighted by Crippen LogP contribution is -2.54. The van der Waals surface area contributed by atoms with Crippen molar-refractivity contribution in [3.63, 3.8) is 0 Å². The van der Waals surface area contributed by atoms with Crippen LogP contribution in [-0.2, 0) is 21.3 Å². The first kappa shape index (κ1) is 35.5. The van der Waals surface area contributed by atoms with Gasteiger partial charge in [0.25, 0.3) is 0 Å². The Morgan fingerprint density at radius 2 is 1.81 bits per heavy atom. The molecule has 0 saturated carbocycles. The Morgan fingerprint density at radius 3 is 2.51 bits per heavy atom. The van der Waals surface area contributed by atoms with E-state index in [2.05, 4.69) is 27.3 Å². The van der Waals surface area contributed by atoms with E-state index >= 15 is 0 Å². The molecule has 2 atom stereocenters. The smallest absolute Gasteiger partial charge is 0.220 e. The molecule has 4 heterocycles. The van der Waals surface area contributed by atoms with E-state index in [1.165, 1.54) is 25.0 Å². The van der Waals surface area contributed by atoms with Crippen molar-refractivity contribution >= 4 is 66.7 Å². The third-order valence-corrected chi connectivity index (χ3v) is 11.3. The summed E-state index contributed by atoms with van der Waals surface area (Å²) in [4.78, 5) is 24.0. The molecule has 2 saturated heterocycles. The Hall–Kier alpha value is -2.84. The average Bonchev–Trinajstić information content (AvgIpc) is 3.80. The molecule has 0 spiro atoms. The summed E-state index contributed by atoms with van der Waals surface area (Å²) in [5.41, 5.74) is 2.85. The topological polar surface area (TPSA) is 141 Å². The number of aryl methyl sites for hydroxylation is 2. The maximum Gasteiger partial charge on any atom is 0.220 e. The molecule has 2 fully saturated rings. The highest BCUT2D eigenvalue weighted by Gasteiger charge is 2.40. The number of hydrogen-bond acceptors (Lipinski definition) is 9. The summed E-state index contributed by atoms with van der Waals surface area (Å²) in [6, 6.07) is 16.0. The lowest BCUT2D eigenvalue weighted by Gasteiger charge is -2.35. The van der Waals surface area contributed by atoms with E-state index in [-0.39, 0.29) is 16.8 Å². The van der Waals surface area contributed by atoms with Gasteiger partial charge in [0.1, 0.15) is 22.0 Å². The highest BCUT2D eigenvalue weighted by Crippen LogP contribution is 2.38. The first-order chi connectivity index (χ1) is 22.4. The predicted molar refractivity (Wildman–Crippen MR) is 187 cm³/mol. The largest absolute Gasteiger partial charge is 0.744 e. The Kier molecular flexibility index (Phi) is 11.8. The van der Waals surface area contributed by atoms with Gasteiger partial charge in [0, 0.05) is 57.3 Å². The molecule has 2 aromatic heterocycles. The highest BCUT2D eigenvalue weighted by molar-refractivity contribution is 7.85. The molecule has 14 heteroatoms. The average molecular weight is 720 g/mol. The van der Waals surface area contributed by atoms with Crippen LogP contribution in [0.3, 0.4) is 0 Å². The molecule has 0 bridgehead atoms. The fourth-order valence-corrected chi connectivity index (χ4v) is 7.83. The van der Waals surface area contributed by atoms with Gasteiger partial charge in [-0.1, -0.05) is 47.0 Å². The summed E-state index contributed by atoms with van der Waals surface area (Å²) in [6.07, 6.45) is 6.42. The van der Waals surface area contributed by atoms with Crippen molar-refractivity contribution in [1.82, 2.24) is 15.3 Å². The fraction of sp³-hybridized carbons (Fsp3) is 0.424. The van der Waals surface area contributed by atoms with Gasteiger partial charge in [0.05, 0.1) is 37.7 Å². The minimum absolute atomic E-state index is 0.0472. The maximum atomic E-state index is 12.5. The number of nitrogens with zero attached hydrogens (tertiary/aromatic N) is 4. The number of anilines is 1. The van der Waals surface area contributed by atoms with Crippen molar-refractivity contribution < 1.29 is 22.4 Å². The van der Waals surface area contributed by atoms with Gasteiger partial charge < -0.3 is 14.8 Å². The first-order valence-corrected chi connectivity index (χ1v) is 18.8. The molecule has 2 aliphatic rings. The maximum absolute atomic E-state index is 12.5. The molecular weight excluding hydrogens is 679 g/mol. The van der Waals surface area contributed by atoms with Crippen molar-refractivity contribution in [3.05, 3.63) is 80.8 Å². The zero-order valence-corrected chi connectivity index (χ0v) is 29.5. The number of quaternary nitrogens is 1. The van der Waals surface area contributed by atoms with Crippen LogP contribution in [0.4, 0.5) is 5.82 Å². The van der Waals surface area contributed by atoms with E-state index < -0.39 is 10.1 Å². The fourth-order valence-electron chi connectivity index (χ4n) is 6.14. The van der Waals surface area contributed by atoms with Gasteiger partial charge in [-0.05, 0) is 56.2 Å². The third-order valence-electron chi connectivity index (χ3n) is 8.66. The highest BCUT2D eigenvalue weighted by atomic mass is 35.5. The number of fused-ring (bicyclic) bond motifs is 1. The Balaban J connectivity index is 0.000000335. The summed E-state index contributed by atoms with van der Waals surface area (Å²) < 4.78 is 32.7. The number of nitrogens with two attached hydrogens (primary N) is 1. The number of thiazole rings is 1. The van der Waals surface area contributed by atoms with Gasteiger partial charge in [-0.2, -0.15) is 5.84 Å². The van der Waals surface area contributed by atoms with E-state index in [1.54, 1.807) is 23.5 Å². The molecule has 6 rings (SSSR count). The standard InChI is InChI=1S/C26H32Cl2N6OS.C7H8O3S/c27-19-7-6-18(17-20(19)28)21-5-3-15-34(21,29)16-4-12-30-24(35)10-11-25-32-26-22(36-25)8-9-23(31-26)33-13-1-2-14-33;1-6-2-4-7(5-3-6)11(8,9)10/h6-9,17,21H,1-5,10-16,29H2;2-5H,1H3,(H,8,9,10). The quantitative estimate of drug-likeness (QED) is 0.0860. The zero-order valence-electron chi connectivity index (χ0n) is 26.3. The number of carbonyl (C=O) groups excluding carboxylic acids is 1. The van der Waals surface area contributed by atoms with Crippen LogP contribution in [0.1, 0.15) is 60.7 Å². The van der Waals surface area contributed by atoms with E-state index in [0.717, 1.165) is 77.7 Å². The van der Waals surface area contributed by atoms with Crippen LogP contribution in [0.2, 0.25) is 10.0 Å². The number of aromatic nitrogens is 2.